The Morgan fingerprint density at radius 1 is 0.975 bits per heavy atom. The van der Waals surface area contributed by atoms with E-state index >= 15 is 0 Å². The zero-order valence-corrected chi connectivity index (χ0v) is 23.4. The molecule has 1 saturated heterocycles. The summed E-state index contributed by atoms with van der Waals surface area (Å²) in [7, 11) is 0. The lowest BCUT2D eigenvalue weighted by atomic mass is 10.1. The SMILES string of the molecule is Cc1noc(-c2ccccc2)c1CSC[C@H]1O[C@@H](n2cc(SCc3ccccc3)c3c(N)ncnc32)[C@H](O)[C@@H]1O. The van der Waals surface area contributed by atoms with E-state index < -0.39 is 24.5 Å². The predicted octanol–water partition coefficient (Wildman–Crippen LogP) is 4.82. The van der Waals surface area contributed by atoms with Gasteiger partial charge in [0.1, 0.15) is 30.0 Å². The maximum Gasteiger partial charge on any atom is 0.171 e. The molecule has 2 aromatic carbocycles. The first-order valence-corrected chi connectivity index (χ1v) is 15.0. The molecule has 9 nitrogen and oxygen atoms in total. The molecular formula is C29H29N5O4S2. The van der Waals surface area contributed by atoms with Crippen LogP contribution in [-0.2, 0) is 16.2 Å². The molecule has 40 heavy (non-hydrogen) atoms. The van der Waals surface area contributed by atoms with Crippen LogP contribution < -0.4 is 5.73 Å². The van der Waals surface area contributed by atoms with Gasteiger partial charge in [-0.2, -0.15) is 11.8 Å². The first kappa shape index (κ1) is 26.9. The molecular weight excluding hydrogens is 546 g/mol. The fraction of sp³-hybridized carbons (Fsp3) is 0.276. The van der Waals surface area contributed by atoms with Gasteiger partial charge in [0.05, 0.1) is 17.2 Å². The van der Waals surface area contributed by atoms with E-state index in [1.807, 2.05) is 61.7 Å². The van der Waals surface area contributed by atoms with Gasteiger partial charge in [-0.25, -0.2) is 9.97 Å². The number of benzene rings is 2. The quantitative estimate of drug-likeness (QED) is 0.210. The summed E-state index contributed by atoms with van der Waals surface area (Å²) in [6, 6.07) is 20.0. The summed E-state index contributed by atoms with van der Waals surface area (Å²) in [5.41, 5.74) is 10.8. The fourth-order valence-electron chi connectivity index (χ4n) is 4.86. The monoisotopic (exact) mass is 575 g/mol. The second-order valence-electron chi connectivity index (χ2n) is 9.64. The first-order valence-electron chi connectivity index (χ1n) is 12.9. The number of nitrogen functional groups attached to an aromatic ring is 1. The number of aliphatic hydroxyl groups is 2. The number of fused-ring (bicyclic) bond motifs is 1. The van der Waals surface area contributed by atoms with Gasteiger partial charge >= 0.3 is 0 Å². The molecule has 0 amide bonds. The van der Waals surface area contributed by atoms with Crippen LogP contribution in [0.2, 0.25) is 0 Å². The Morgan fingerprint density at radius 3 is 2.50 bits per heavy atom. The molecule has 0 aliphatic carbocycles. The number of thioether (sulfide) groups is 2. The molecule has 4 atom stereocenters. The Labute approximate surface area is 239 Å². The minimum Gasteiger partial charge on any atom is -0.387 e. The van der Waals surface area contributed by atoms with Crippen LogP contribution >= 0.6 is 23.5 Å². The van der Waals surface area contributed by atoms with Crippen LogP contribution in [0.25, 0.3) is 22.4 Å². The fourth-order valence-corrected chi connectivity index (χ4v) is 7.07. The van der Waals surface area contributed by atoms with Gasteiger partial charge in [0.25, 0.3) is 0 Å². The molecule has 5 aromatic rings. The number of rotatable bonds is 9. The van der Waals surface area contributed by atoms with Gasteiger partial charge in [-0.1, -0.05) is 65.8 Å². The number of ether oxygens (including phenoxy) is 1. The van der Waals surface area contributed by atoms with E-state index in [0.29, 0.717) is 28.4 Å². The van der Waals surface area contributed by atoms with Gasteiger partial charge in [0, 0.05) is 39.5 Å². The van der Waals surface area contributed by atoms with Crippen LogP contribution in [0, 0.1) is 6.92 Å². The number of nitrogens with two attached hydrogens (primary N) is 1. The van der Waals surface area contributed by atoms with Crippen molar-refractivity contribution in [2.45, 2.75) is 47.9 Å². The molecule has 0 spiro atoms. The number of aryl methyl sites for hydroxylation is 1. The summed E-state index contributed by atoms with van der Waals surface area (Å²) in [6.45, 7) is 1.92. The third-order valence-electron chi connectivity index (χ3n) is 7.00. The smallest absolute Gasteiger partial charge is 0.171 e. The lowest BCUT2D eigenvalue weighted by Crippen LogP contribution is -2.32. The van der Waals surface area contributed by atoms with Gasteiger partial charge in [0.2, 0.25) is 0 Å². The van der Waals surface area contributed by atoms with Crippen LogP contribution in [0.15, 0.2) is 82.6 Å². The van der Waals surface area contributed by atoms with Crippen molar-refractivity contribution < 1.29 is 19.5 Å². The maximum atomic E-state index is 11.0. The van der Waals surface area contributed by atoms with Gasteiger partial charge in [-0.3, -0.25) is 0 Å². The second-order valence-corrected chi connectivity index (χ2v) is 11.7. The van der Waals surface area contributed by atoms with Crippen molar-refractivity contribution in [1.82, 2.24) is 19.7 Å². The second kappa shape index (κ2) is 11.6. The number of hydrogen-bond donors (Lipinski definition) is 3. The van der Waals surface area contributed by atoms with E-state index in [2.05, 4.69) is 27.3 Å². The van der Waals surface area contributed by atoms with Crippen molar-refractivity contribution in [1.29, 1.82) is 0 Å². The topological polar surface area (TPSA) is 132 Å². The summed E-state index contributed by atoms with van der Waals surface area (Å²) in [4.78, 5) is 9.52. The molecule has 0 unspecified atom stereocenters. The van der Waals surface area contributed by atoms with Crippen molar-refractivity contribution in [3.63, 3.8) is 0 Å². The minimum atomic E-state index is -1.14. The standard InChI is InChI=1S/C29H29N5O4S2/c1-17-20(26(38-33-17)19-10-6-3-7-11-19)14-39-15-21-24(35)25(36)29(37-21)34-12-22(23-27(30)31-16-32-28(23)34)40-13-18-8-4-2-5-9-18/h2-12,16,21,24-25,29,35-36H,13-15H2,1H3,(H2,30,31,32)/t21-,24-,25-,29-/m1/s1. The molecule has 4 heterocycles. The van der Waals surface area contributed by atoms with E-state index in [1.54, 1.807) is 28.1 Å². The number of aromatic nitrogens is 4. The molecule has 4 N–H and O–H groups in total. The summed E-state index contributed by atoms with van der Waals surface area (Å²) >= 11 is 3.21. The van der Waals surface area contributed by atoms with Crippen molar-refractivity contribution in [3.8, 4) is 11.3 Å². The molecule has 11 heteroatoms. The number of aliphatic hydroxyl groups excluding tert-OH is 2. The Hall–Kier alpha value is -3.35. The van der Waals surface area contributed by atoms with E-state index in [0.717, 1.165) is 33.2 Å². The number of anilines is 1. The van der Waals surface area contributed by atoms with Crippen molar-refractivity contribution in [3.05, 3.63) is 90.0 Å². The van der Waals surface area contributed by atoms with E-state index in [1.165, 1.54) is 11.9 Å². The molecule has 1 aliphatic rings. The van der Waals surface area contributed by atoms with Gasteiger partial charge in [0.15, 0.2) is 12.0 Å². The van der Waals surface area contributed by atoms with Crippen molar-refractivity contribution in [2.75, 3.05) is 11.5 Å². The molecule has 0 radical (unpaired) electrons. The summed E-state index contributed by atoms with van der Waals surface area (Å²) in [5, 5.41) is 26.8. The maximum absolute atomic E-state index is 11.0. The van der Waals surface area contributed by atoms with E-state index in [4.69, 9.17) is 15.0 Å². The largest absolute Gasteiger partial charge is 0.387 e. The molecule has 206 valence electrons. The van der Waals surface area contributed by atoms with Crippen LogP contribution in [0.4, 0.5) is 5.82 Å². The third-order valence-corrected chi connectivity index (χ3v) is 9.16. The summed E-state index contributed by atoms with van der Waals surface area (Å²) in [6.07, 6.45) is -0.320. The van der Waals surface area contributed by atoms with Crippen LogP contribution in [0.5, 0.6) is 0 Å². The van der Waals surface area contributed by atoms with Gasteiger partial charge in [-0.15, -0.1) is 11.8 Å². The zero-order chi connectivity index (χ0) is 27.6. The highest BCUT2D eigenvalue weighted by Gasteiger charge is 2.44. The number of nitrogens with zero attached hydrogens (tertiary/aromatic N) is 4. The highest BCUT2D eigenvalue weighted by molar-refractivity contribution is 7.98. The lowest BCUT2D eigenvalue weighted by molar-refractivity contribution is -0.0287. The Morgan fingerprint density at radius 2 is 1.73 bits per heavy atom. The third kappa shape index (κ3) is 5.23. The van der Waals surface area contributed by atoms with E-state index in [-0.39, 0.29) is 0 Å². The van der Waals surface area contributed by atoms with Gasteiger partial charge < -0.3 is 29.8 Å². The average Bonchev–Trinajstić information content (AvgIpc) is 3.63. The molecule has 3 aromatic heterocycles. The van der Waals surface area contributed by atoms with E-state index in [9.17, 15) is 10.2 Å². The Kier molecular flexibility index (Phi) is 7.81. The van der Waals surface area contributed by atoms with Gasteiger partial charge in [-0.05, 0) is 12.5 Å². The lowest BCUT2D eigenvalue weighted by Gasteiger charge is -2.17. The van der Waals surface area contributed by atoms with Crippen molar-refractivity contribution in [2.24, 2.45) is 0 Å². The normalized spacial score (nSPS) is 20.9. The predicted molar refractivity (Wildman–Crippen MR) is 157 cm³/mol. The highest BCUT2D eigenvalue weighted by Crippen LogP contribution is 2.40. The van der Waals surface area contributed by atoms with Crippen LogP contribution in [-0.4, -0.2) is 54.0 Å². The molecule has 1 aliphatic heterocycles. The molecule has 0 bridgehead atoms. The van der Waals surface area contributed by atoms with Crippen molar-refractivity contribution >= 4 is 40.4 Å². The Balaban J connectivity index is 1.18. The zero-order valence-electron chi connectivity index (χ0n) is 21.8. The highest BCUT2D eigenvalue weighted by atomic mass is 32.2. The summed E-state index contributed by atoms with van der Waals surface area (Å²) < 4.78 is 13.6. The molecule has 6 rings (SSSR count). The molecule has 1 fully saturated rings. The molecule has 0 saturated carbocycles. The van der Waals surface area contributed by atoms with Crippen LogP contribution in [0.3, 0.4) is 0 Å². The summed E-state index contributed by atoms with van der Waals surface area (Å²) in [5.74, 6) is 2.94. The first-order chi connectivity index (χ1) is 19.5. The number of hydrogen-bond acceptors (Lipinski definition) is 10. The Bertz CT molecular complexity index is 1590. The minimum absolute atomic E-state index is 0.359. The van der Waals surface area contributed by atoms with Crippen LogP contribution in [0.1, 0.15) is 23.0 Å². The average molecular weight is 576 g/mol.